The first-order chi connectivity index (χ1) is 10.4. The number of nitrogens with zero attached hydrogens (tertiary/aromatic N) is 1. The molecule has 1 aliphatic carbocycles. The molecule has 0 spiro atoms. The molecular formula is C15H23F3N2O2. The number of alkyl halides is 3. The number of amides is 2. The summed E-state index contributed by atoms with van der Waals surface area (Å²) in [6.45, 7) is 1.12. The Balaban J connectivity index is 1.71. The van der Waals surface area contributed by atoms with Gasteiger partial charge < -0.3 is 15.3 Å². The van der Waals surface area contributed by atoms with Crippen molar-refractivity contribution < 1.29 is 23.1 Å². The van der Waals surface area contributed by atoms with Crippen LogP contribution in [0.2, 0.25) is 0 Å². The largest absolute Gasteiger partial charge is 0.414 e. The Morgan fingerprint density at radius 1 is 1.27 bits per heavy atom. The number of urea groups is 1. The van der Waals surface area contributed by atoms with E-state index in [1.807, 2.05) is 0 Å². The van der Waals surface area contributed by atoms with Crippen LogP contribution in [0.4, 0.5) is 18.0 Å². The molecule has 22 heavy (non-hydrogen) atoms. The number of halogens is 3. The zero-order valence-corrected chi connectivity index (χ0v) is 12.5. The van der Waals surface area contributed by atoms with Gasteiger partial charge in [0.2, 0.25) is 0 Å². The maximum atomic E-state index is 12.5. The van der Waals surface area contributed by atoms with Crippen LogP contribution in [0.25, 0.3) is 0 Å². The van der Waals surface area contributed by atoms with Crippen molar-refractivity contribution in [3.05, 3.63) is 12.2 Å². The molecule has 0 aromatic heterocycles. The Bertz CT molecular complexity index is 404. The fourth-order valence-electron chi connectivity index (χ4n) is 3.07. The predicted molar refractivity (Wildman–Crippen MR) is 76.2 cm³/mol. The summed E-state index contributed by atoms with van der Waals surface area (Å²) in [5.41, 5.74) is 0. The minimum atomic E-state index is -4.58. The molecule has 4 nitrogen and oxygen atoms in total. The lowest BCUT2D eigenvalue weighted by Crippen LogP contribution is -2.48. The van der Waals surface area contributed by atoms with Crippen LogP contribution in [0.3, 0.4) is 0 Å². The van der Waals surface area contributed by atoms with E-state index >= 15 is 0 Å². The van der Waals surface area contributed by atoms with Gasteiger partial charge in [-0.2, -0.15) is 13.2 Å². The lowest BCUT2D eigenvalue weighted by Gasteiger charge is -2.35. The molecule has 2 atom stereocenters. The SMILES string of the molecule is O=C(NCC1CC=CCC1)N1CCC(C(O)C(F)(F)F)CC1. The molecule has 0 radical (unpaired) electrons. The minimum absolute atomic E-state index is 0.181. The van der Waals surface area contributed by atoms with Gasteiger partial charge in [0.25, 0.3) is 0 Å². The third kappa shape index (κ3) is 4.63. The number of hydrogen-bond donors (Lipinski definition) is 2. The molecule has 0 aromatic carbocycles. The Hall–Kier alpha value is -1.24. The molecule has 2 rings (SSSR count). The highest BCUT2D eigenvalue weighted by Crippen LogP contribution is 2.31. The molecule has 7 heteroatoms. The number of carbonyl (C=O) groups is 1. The number of aliphatic hydroxyl groups is 1. The molecule has 1 fully saturated rings. The number of nitrogens with one attached hydrogen (secondary N) is 1. The normalized spacial score (nSPS) is 25.1. The number of hydrogen-bond acceptors (Lipinski definition) is 2. The molecule has 1 aliphatic heterocycles. The van der Waals surface area contributed by atoms with Crippen molar-refractivity contribution in [2.24, 2.45) is 11.8 Å². The molecule has 126 valence electrons. The van der Waals surface area contributed by atoms with Crippen LogP contribution < -0.4 is 5.32 Å². The van der Waals surface area contributed by atoms with E-state index in [0.717, 1.165) is 19.3 Å². The van der Waals surface area contributed by atoms with E-state index in [2.05, 4.69) is 17.5 Å². The first-order valence-corrected chi connectivity index (χ1v) is 7.80. The topological polar surface area (TPSA) is 52.6 Å². The third-order valence-electron chi connectivity index (χ3n) is 4.53. The van der Waals surface area contributed by atoms with Crippen molar-refractivity contribution in [1.29, 1.82) is 0 Å². The number of piperidine rings is 1. The van der Waals surface area contributed by atoms with Crippen molar-refractivity contribution >= 4 is 6.03 Å². The van der Waals surface area contributed by atoms with E-state index in [0.29, 0.717) is 12.5 Å². The van der Waals surface area contributed by atoms with Crippen LogP contribution in [-0.4, -0.2) is 48.0 Å². The molecule has 1 saturated heterocycles. The highest BCUT2D eigenvalue weighted by molar-refractivity contribution is 5.74. The zero-order chi connectivity index (χ0) is 16.2. The van der Waals surface area contributed by atoms with E-state index in [1.54, 1.807) is 0 Å². The van der Waals surface area contributed by atoms with Gasteiger partial charge in [-0.15, -0.1) is 0 Å². The van der Waals surface area contributed by atoms with Crippen molar-refractivity contribution in [2.45, 2.75) is 44.4 Å². The molecule has 2 aliphatic rings. The van der Waals surface area contributed by atoms with Crippen LogP contribution in [0.1, 0.15) is 32.1 Å². The summed E-state index contributed by atoms with van der Waals surface area (Å²) in [4.78, 5) is 13.6. The van der Waals surface area contributed by atoms with E-state index in [1.165, 1.54) is 4.90 Å². The zero-order valence-electron chi connectivity index (χ0n) is 12.5. The summed E-state index contributed by atoms with van der Waals surface area (Å²) in [6, 6.07) is -0.213. The number of carbonyl (C=O) groups excluding carboxylic acids is 1. The summed E-state index contributed by atoms with van der Waals surface area (Å²) < 4.78 is 37.4. The minimum Gasteiger partial charge on any atom is -0.383 e. The van der Waals surface area contributed by atoms with Gasteiger partial charge in [0.15, 0.2) is 6.10 Å². The number of likely N-dealkylation sites (tertiary alicyclic amines) is 1. The lowest BCUT2D eigenvalue weighted by atomic mass is 9.91. The standard InChI is InChI=1S/C15H23F3N2O2/c16-15(17,18)13(21)12-6-8-20(9-7-12)14(22)19-10-11-4-2-1-3-5-11/h1-2,11-13,21H,3-10H2,(H,19,22). The van der Waals surface area contributed by atoms with Crippen LogP contribution in [-0.2, 0) is 0 Å². The molecule has 0 saturated carbocycles. The van der Waals surface area contributed by atoms with Crippen molar-refractivity contribution in [2.75, 3.05) is 19.6 Å². The first-order valence-electron chi connectivity index (χ1n) is 7.80. The second-order valence-corrected chi connectivity index (χ2v) is 6.15. The van der Waals surface area contributed by atoms with Crippen LogP contribution in [0, 0.1) is 11.8 Å². The fraction of sp³-hybridized carbons (Fsp3) is 0.800. The summed E-state index contributed by atoms with van der Waals surface area (Å²) in [6.07, 6.45) is 0.786. The Morgan fingerprint density at radius 3 is 2.50 bits per heavy atom. The Labute approximate surface area is 128 Å². The predicted octanol–water partition coefficient (Wildman–Crippen LogP) is 2.69. The van der Waals surface area contributed by atoms with Crippen LogP contribution in [0.5, 0.6) is 0 Å². The maximum absolute atomic E-state index is 12.5. The van der Waals surface area contributed by atoms with Crippen molar-refractivity contribution in [1.82, 2.24) is 10.2 Å². The Kier molecular flexibility index (Phi) is 5.72. The second-order valence-electron chi connectivity index (χ2n) is 6.15. The van der Waals surface area contributed by atoms with Crippen LogP contribution in [0.15, 0.2) is 12.2 Å². The molecule has 0 bridgehead atoms. The van der Waals surface area contributed by atoms with Crippen LogP contribution >= 0.6 is 0 Å². The monoisotopic (exact) mass is 320 g/mol. The molecular weight excluding hydrogens is 297 g/mol. The van der Waals surface area contributed by atoms with E-state index in [-0.39, 0.29) is 32.0 Å². The third-order valence-corrected chi connectivity index (χ3v) is 4.53. The highest BCUT2D eigenvalue weighted by Gasteiger charge is 2.44. The maximum Gasteiger partial charge on any atom is 0.414 e. The van der Waals surface area contributed by atoms with Gasteiger partial charge >= 0.3 is 12.2 Å². The molecule has 2 N–H and O–H groups in total. The number of rotatable bonds is 3. The van der Waals surface area contributed by atoms with Gasteiger partial charge in [-0.05, 0) is 43.9 Å². The van der Waals surface area contributed by atoms with Gasteiger partial charge in [0.1, 0.15) is 0 Å². The van der Waals surface area contributed by atoms with Gasteiger partial charge in [0.05, 0.1) is 0 Å². The molecule has 2 amide bonds. The molecule has 1 heterocycles. The summed E-state index contributed by atoms with van der Waals surface area (Å²) in [5.74, 6) is -0.369. The van der Waals surface area contributed by atoms with E-state index in [9.17, 15) is 23.1 Å². The van der Waals surface area contributed by atoms with E-state index in [4.69, 9.17) is 0 Å². The molecule has 2 unspecified atom stereocenters. The smallest absolute Gasteiger partial charge is 0.383 e. The number of aliphatic hydroxyl groups excluding tert-OH is 1. The number of allylic oxidation sites excluding steroid dienone is 2. The van der Waals surface area contributed by atoms with Gasteiger partial charge in [-0.3, -0.25) is 0 Å². The van der Waals surface area contributed by atoms with Crippen molar-refractivity contribution in [3.63, 3.8) is 0 Å². The molecule has 0 aromatic rings. The first kappa shape index (κ1) is 17.1. The van der Waals surface area contributed by atoms with Gasteiger partial charge in [-0.1, -0.05) is 12.2 Å². The van der Waals surface area contributed by atoms with Gasteiger partial charge in [0, 0.05) is 19.6 Å². The van der Waals surface area contributed by atoms with E-state index < -0.39 is 18.2 Å². The summed E-state index contributed by atoms with van der Waals surface area (Å²) >= 11 is 0. The van der Waals surface area contributed by atoms with Gasteiger partial charge in [-0.25, -0.2) is 4.79 Å². The summed E-state index contributed by atoms with van der Waals surface area (Å²) in [5, 5.41) is 12.1. The lowest BCUT2D eigenvalue weighted by molar-refractivity contribution is -0.222. The highest BCUT2D eigenvalue weighted by atomic mass is 19.4. The van der Waals surface area contributed by atoms with Crippen molar-refractivity contribution in [3.8, 4) is 0 Å². The average molecular weight is 320 g/mol. The Morgan fingerprint density at radius 2 is 1.95 bits per heavy atom. The second kappa shape index (κ2) is 7.35. The summed E-state index contributed by atoms with van der Waals surface area (Å²) in [7, 11) is 0. The average Bonchev–Trinajstić information content (AvgIpc) is 2.52. The fourth-order valence-corrected chi connectivity index (χ4v) is 3.07. The quantitative estimate of drug-likeness (QED) is 0.786.